The van der Waals surface area contributed by atoms with Crippen LogP contribution < -0.4 is 0 Å². The van der Waals surface area contributed by atoms with Gasteiger partial charge in [-0.05, 0) is 30.0 Å². The van der Waals surface area contributed by atoms with Crippen LogP contribution in [0.3, 0.4) is 0 Å². The summed E-state index contributed by atoms with van der Waals surface area (Å²) in [6.07, 6.45) is 25.3. The molecule has 1 nitrogen and oxygen atoms in total. The second kappa shape index (κ2) is 15.7. The van der Waals surface area contributed by atoms with E-state index >= 15 is 0 Å². The number of hydrogen-bond acceptors (Lipinski definition) is 1. The van der Waals surface area contributed by atoms with E-state index in [-0.39, 0.29) is 0 Å². The molecule has 1 heterocycles. The van der Waals surface area contributed by atoms with Gasteiger partial charge in [0.1, 0.15) is 0 Å². The molecule has 1 heteroatoms. The third-order valence-corrected chi connectivity index (χ3v) is 5.27. The standard InChI is InChI=1S/C23H41N/c1-3-4-5-6-7-8-9-10-11-12-13-14-15-16-17-22(2)23-18-20-24-21-19-23/h18-22H,3-17H2,1-2H3. The van der Waals surface area contributed by atoms with Crippen molar-refractivity contribution in [2.24, 2.45) is 0 Å². The summed E-state index contributed by atoms with van der Waals surface area (Å²) in [4.78, 5) is 4.10. The average molecular weight is 332 g/mol. The molecule has 0 aromatic carbocycles. The maximum Gasteiger partial charge on any atom is 0.0270 e. The van der Waals surface area contributed by atoms with Gasteiger partial charge in [-0.2, -0.15) is 0 Å². The molecular formula is C23H41N. The Bertz CT molecular complexity index is 360. The molecule has 1 unspecified atom stereocenters. The van der Waals surface area contributed by atoms with Crippen LogP contribution in [0.5, 0.6) is 0 Å². The van der Waals surface area contributed by atoms with Crippen molar-refractivity contribution in [1.29, 1.82) is 0 Å². The van der Waals surface area contributed by atoms with E-state index in [2.05, 4.69) is 31.0 Å². The number of hydrogen-bond donors (Lipinski definition) is 0. The third-order valence-electron chi connectivity index (χ3n) is 5.27. The van der Waals surface area contributed by atoms with E-state index in [0.29, 0.717) is 5.92 Å². The maximum absolute atomic E-state index is 4.10. The van der Waals surface area contributed by atoms with Crippen LogP contribution in [0, 0.1) is 0 Å². The van der Waals surface area contributed by atoms with E-state index in [9.17, 15) is 0 Å². The minimum absolute atomic E-state index is 0.685. The van der Waals surface area contributed by atoms with E-state index in [0.717, 1.165) is 0 Å². The first-order chi connectivity index (χ1) is 11.8. The fourth-order valence-electron chi connectivity index (χ4n) is 3.50. The normalized spacial score (nSPS) is 12.4. The highest BCUT2D eigenvalue weighted by Gasteiger charge is 2.04. The lowest BCUT2D eigenvalue weighted by molar-refractivity contribution is 0.524. The van der Waals surface area contributed by atoms with Gasteiger partial charge in [0.2, 0.25) is 0 Å². The molecule has 0 spiro atoms. The summed E-state index contributed by atoms with van der Waals surface area (Å²) in [6, 6.07) is 4.32. The van der Waals surface area contributed by atoms with Crippen molar-refractivity contribution in [3.63, 3.8) is 0 Å². The summed E-state index contributed by atoms with van der Waals surface area (Å²) in [5, 5.41) is 0. The van der Waals surface area contributed by atoms with Gasteiger partial charge in [-0.25, -0.2) is 0 Å². The molecule has 1 aromatic rings. The van der Waals surface area contributed by atoms with Crippen molar-refractivity contribution >= 4 is 0 Å². The van der Waals surface area contributed by atoms with E-state index in [1.807, 2.05) is 12.4 Å². The number of nitrogens with zero attached hydrogens (tertiary/aromatic N) is 1. The Balaban J connectivity index is 1.79. The maximum atomic E-state index is 4.10. The van der Waals surface area contributed by atoms with Gasteiger partial charge < -0.3 is 0 Å². The molecule has 0 aliphatic rings. The second-order valence-corrected chi connectivity index (χ2v) is 7.57. The zero-order chi connectivity index (χ0) is 17.3. The van der Waals surface area contributed by atoms with Gasteiger partial charge in [-0.3, -0.25) is 4.98 Å². The van der Waals surface area contributed by atoms with Crippen LogP contribution in [-0.4, -0.2) is 4.98 Å². The van der Waals surface area contributed by atoms with Gasteiger partial charge in [-0.1, -0.05) is 104 Å². The zero-order valence-corrected chi connectivity index (χ0v) is 16.4. The molecule has 138 valence electrons. The topological polar surface area (TPSA) is 12.9 Å². The minimum Gasteiger partial charge on any atom is -0.265 e. The first-order valence-electron chi connectivity index (χ1n) is 10.7. The summed E-state index contributed by atoms with van der Waals surface area (Å²) in [5.41, 5.74) is 1.44. The third kappa shape index (κ3) is 11.6. The molecule has 0 saturated heterocycles. The molecule has 1 atom stereocenters. The molecule has 0 aliphatic carbocycles. The first-order valence-corrected chi connectivity index (χ1v) is 10.7. The lowest BCUT2D eigenvalue weighted by atomic mass is 9.95. The van der Waals surface area contributed by atoms with E-state index in [1.165, 1.54) is 102 Å². The Hall–Kier alpha value is -0.850. The Kier molecular flexibility index (Phi) is 13.8. The van der Waals surface area contributed by atoms with Crippen LogP contribution in [-0.2, 0) is 0 Å². The molecule has 0 amide bonds. The minimum atomic E-state index is 0.685. The average Bonchev–Trinajstić information content (AvgIpc) is 2.62. The predicted molar refractivity (Wildman–Crippen MR) is 108 cm³/mol. The van der Waals surface area contributed by atoms with Crippen molar-refractivity contribution in [3.05, 3.63) is 30.1 Å². The van der Waals surface area contributed by atoms with Crippen LogP contribution in [0.4, 0.5) is 0 Å². The monoisotopic (exact) mass is 331 g/mol. The quantitative estimate of drug-likeness (QED) is 0.279. The van der Waals surface area contributed by atoms with Crippen molar-refractivity contribution in [2.45, 2.75) is 116 Å². The fraction of sp³-hybridized carbons (Fsp3) is 0.783. The SMILES string of the molecule is CCCCCCCCCCCCCCCCC(C)c1ccncc1. The first kappa shape index (κ1) is 21.2. The van der Waals surface area contributed by atoms with E-state index in [1.54, 1.807) is 0 Å². The Morgan fingerprint density at radius 3 is 1.54 bits per heavy atom. The molecule has 1 rings (SSSR count). The van der Waals surface area contributed by atoms with Gasteiger partial charge in [0, 0.05) is 12.4 Å². The smallest absolute Gasteiger partial charge is 0.0270 e. The van der Waals surface area contributed by atoms with Crippen LogP contribution in [0.1, 0.15) is 122 Å². The molecule has 0 saturated carbocycles. The Morgan fingerprint density at radius 1 is 0.667 bits per heavy atom. The summed E-state index contributed by atoms with van der Waals surface area (Å²) < 4.78 is 0. The summed E-state index contributed by atoms with van der Waals surface area (Å²) in [5.74, 6) is 0.685. The molecule has 0 bridgehead atoms. The van der Waals surface area contributed by atoms with Crippen LogP contribution in [0.2, 0.25) is 0 Å². The molecule has 0 aliphatic heterocycles. The predicted octanol–water partition coefficient (Wildman–Crippen LogP) is 8.06. The molecule has 1 aromatic heterocycles. The van der Waals surface area contributed by atoms with Gasteiger partial charge in [-0.15, -0.1) is 0 Å². The van der Waals surface area contributed by atoms with Crippen molar-refractivity contribution in [1.82, 2.24) is 4.98 Å². The molecule has 0 radical (unpaired) electrons. The van der Waals surface area contributed by atoms with Gasteiger partial charge >= 0.3 is 0 Å². The highest BCUT2D eigenvalue weighted by atomic mass is 14.6. The molecule has 0 fully saturated rings. The zero-order valence-electron chi connectivity index (χ0n) is 16.4. The molecule has 24 heavy (non-hydrogen) atoms. The summed E-state index contributed by atoms with van der Waals surface area (Å²) in [7, 11) is 0. The van der Waals surface area contributed by atoms with Crippen LogP contribution >= 0.6 is 0 Å². The number of unbranched alkanes of at least 4 members (excludes halogenated alkanes) is 13. The largest absolute Gasteiger partial charge is 0.265 e. The van der Waals surface area contributed by atoms with Gasteiger partial charge in [0.25, 0.3) is 0 Å². The summed E-state index contributed by atoms with van der Waals surface area (Å²) in [6.45, 7) is 4.64. The lowest BCUT2D eigenvalue weighted by Crippen LogP contribution is -1.93. The highest BCUT2D eigenvalue weighted by Crippen LogP contribution is 2.21. The number of rotatable bonds is 16. The number of aromatic nitrogens is 1. The van der Waals surface area contributed by atoms with Crippen molar-refractivity contribution < 1.29 is 0 Å². The molecule has 0 N–H and O–H groups in total. The van der Waals surface area contributed by atoms with Crippen molar-refractivity contribution in [3.8, 4) is 0 Å². The van der Waals surface area contributed by atoms with Crippen LogP contribution in [0.15, 0.2) is 24.5 Å². The van der Waals surface area contributed by atoms with Crippen LogP contribution in [0.25, 0.3) is 0 Å². The van der Waals surface area contributed by atoms with Crippen molar-refractivity contribution in [2.75, 3.05) is 0 Å². The van der Waals surface area contributed by atoms with Gasteiger partial charge in [0.15, 0.2) is 0 Å². The van der Waals surface area contributed by atoms with E-state index in [4.69, 9.17) is 0 Å². The Morgan fingerprint density at radius 2 is 1.08 bits per heavy atom. The van der Waals surface area contributed by atoms with E-state index < -0.39 is 0 Å². The second-order valence-electron chi connectivity index (χ2n) is 7.57. The number of pyridine rings is 1. The lowest BCUT2D eigenvalue weighted by Gasteiger charge is -2.11. The molecular weight excluding hydrogens is 290 g/mol. The summed E-state index contributed by atoms with van der Waals surface area (Å²) >= 11 is 0. The fourth-order valence-corrected chi connectivity index (χ4v) is 3.50. The Labute approximate surface area is 151 Å². The van der Waals surface area contributed by atoms with Gasteiger partial charge in [0.05, 0.1) is 0 Å². The highest BCUT2D eigenvalue weighted by molar-refractivity contribution is 5.14.